The fourth-order valence-electron chi connectivity index (χ4n) is 1.67. The Balaban J connectivity index is 1.82. The molecule has 4 heteroatoms. The number of aliphatic imine (C=N–C) groups is 1. The van der Waals surface area contributed by atoms with Crippen molar-refractivity contribution in [3.05, 3.63) is 53.1 Å². The number of rotatable bonds is 2. The zero-order valence-electron chi connectivity index (χ0n) is 9.47. The van der Waals surface area contributed by atoms with Crippen molar-refractivity contribution in [3.8, 4) is 11.5 Å². The maximum absolute atomic E-state index is 5.81. The normalized spacial score (nSPS) is 13.2. The van der Waals surface area contributed by atoms with Crippen molar-refractivity contribution in [3.63, 3.8) is 0 Å². The van der Waals surface area contributed by atoms with Gasteiger partial charge in [0.15, 0.2) is 11.5 Å². The van der Waals surface area contributed by atoms with Crippen molar-refractivity contribution in [1.82, 2.24) is 0 Å². The smallest absolute Gasteiger partial charge is 0.231 e. The Hall–Kier alpha value is -2.00. The van der Waals surface area contributed by atoms with Crippen molar-refractivity contribution < 1.29 is 9.47 Å². The first-order chi connectivity index (χ1) is 8.81. The minimum Gasteiger partial charge on any atom is -0.454 e. The number of hydrogen-bond acceptors (Lipinski definition) is 3. The van der Waals surface area contributed by atoms with Crippen LogP contribution >= 0.6 is 11.6 Å². The summed E-state index contributed by atoms with van der Waals surface area (Å²) in [5.41, 5.74) is 1.83. The highest BCUT2D eigenvalue weighted by atomic mass is 35.5. The van der Waals surface area contributed by atoms with Crippen LogP contribution in [0.5, 0.6) is 11.5 Å². The van der Waals surface area contributed by atoms with Crippen LogP contribution in [0.4, 0.5) is 5.69 Å². The largest absolute Gasteiger partial charge is 0.454 e. The molecular weight excluding hydrogens is 250 g/mol. The second kappa shape index (κ2) is 4.70. The third-order valence-electron chi connectivity index (χ3n) is 2.59. The lowest BCUT2D eigenvalue weighted by Gasteiger charge is -1.97. The lowest BCUT2D eigenvalue weighted by atomic mass is 10.2. The Morgan fingerprint density at radius 1 is 1.00 bits per heavy atom. The van der Waals surface area contributed by atoms with Gasteiger partial charge in [0, 0.05) is 11.2 Å². The SMILES string of the molecule is Clc1ccc(N=Cc2ccc3c(c2)OCO3)cc1. The first-order valence-corrected chi connectivity index (χ1v) is 5.88. The molecule has 0 unspecified atom stereocenters. The van der Waals surface area contributed by atoms with Crippen molar-refractivity contribution in [2.24, 2.45) is 4.99 Å². The lowest BCUT2D eigenvalue weighted by molar-refractivity contribution is 0.174. The predicted octanol–water partition coefficient (Wildman–Crippen LogP) is 3.82. The summed E-state index contributed by atoms with van der Waals surface area (Å²) in [7, 11) is 0. The third-order valence-corrected chi connectivity index (χ3v) is 2.84. The zero-order valence-corrected chi connectivity index (χ0v) is 10.2. The van der Waals surface area contributed by atoms with Gasteiger partial charge in [0.05, 0.1) is 5.69 Å². The Labute approximate surface area is 110 Å². The molecule has 0 saturated heterocycles. The molecule has 1 aliphatic heterocycles. The van der Waals surface area contributed by atoms with Crippen LogP contribution in [0.3, 0.4) is 0 Å². The average Bonchev–Trinajstić information content (AvgIpc) is 2.85. The number of halogens is 1. The van der Waals surface area contributed by atoms with Gasteiger partial charge < -0.3 is 9.47 Å². The molecule has 0 aliphatic carbocycles. The fourth-order valence-corrected chi connectivity index (χ4v) is 1.80. The molecule has 1 aliphatic rings. The number of hydrogen-bond donors (Lipinski definition) is 0. The molecule has 1 heterocycles. The summed E-state index contributed by atoms with van der Waals surface area (Å²) in [6.07, 6.45) is 1.78. The van der Waals surface area contributed by atoms with E-state index in [1.54, 1.807) is 6.21 Å². The summed E-state index contributed by atoms with van der Waals surface area (Å²) in [6, 6.07) is 13.1. The van der Waals surface area contributed by atoms with E-state index in [1.807, 2.05) is 42.5 Å². The molecule has 0 spiro atoms. The van der Waals surface area contributed by atoms with Gasteiger partial charge in [-0.3, -0.25) is 4.99 Å². The molecule has 2 aromatic rings. The van der Waals surface area contributed by atoms with Gasteiger partial charge in [0.2, 0.25) is 6.79 Å². The monoisotopic (exact) mass is 259 g/mol. The van der Waals surface area contributed by atoms with E-state index in [1.165, 1.54) is 0 Å². The van der Waals surface area contributed by atoms with Crippen LogP contribution in [0.25, 0.3) is 0 Å². The lowest BCUT2D eigenvalue weighted by Crippen LogP contribution is -1.92. The molecule has 2 aromatic carbocycles. The van der Waals surface area contributed by atoms with Crippen molar-refractivity contribution in [2.45, 2.75) is 0 Å². The molecule has 0 fully saturated rings. The van der Waals surface area contributed by atoms with Crippen LogP contribution in [0.2, 0.25) is 5.02 Å². The molecule has 3 nitrogen and oxygen atoms in total. The maximum Gasteiger partial charge on any atom is 0.231 e. The summed E-state index contributed by atoms with van der Waals surface area (Å²) >= 11 is 5.81. The fraction of sp³-hybridized carbons (Fsp3) is 0.0714. The van der Waals surface area contributed by atoms with Crippen LogP contribution in [0.15, 0.2) is 47.5 Å². The predicted molar refractivity (Wildman–Crippen MR) is 71.3 cm³/mol. The quantitative estimate of drug-likeness (QED) is 0.768. The number of nitrogens with zero attached hydrogens (tertiary/aromatic N) is 1. The van der Waals surface area contributed by atoms with E-state index in [2.05, 4.69) is 4.99 Å². The van der Waals surface area contributed by atoms with E-state index in [0.29, 0.717) is 5.02 Å². The zero-order chi connectivity index (χ0) is 12.4. The molecule has 0 bridgehead atoms. The van der Waals surface area contributed by atoms with Crippen LogP contribution < -0.4 is 9.47 Å². The van der Waals surface area contributed by atoms with Gasteiger partial charge in [0.25, 0.3) is 0 Å². The highest BCUT2D eigenvalue weighted by Crippen LogP contribution is 2.32. The molecule has 18 heavy (non-hydrogen) atoms. The van der Waals surface area contributed by atoms with Crippen LogP contribution in [0.1, 0.15) is 5.56 Å². The molecule has 0 atom stereocenters. The average molecular weight is 260 g/mol. The third kappa shape index (κ3) is 2.31. The van der Waals surface area contributed by atoms with E-state index in [4.69, 9.17) is 21.1 Å². The van der Waals surface area contributed by atoms with E-state index in [-0.39, 0.29) is 6.79 Å². The standard InChI is InChI=1S/C14H10ClNO2/c15-11-2-4-12(5-3-11)16-8-10-1-6-13-14(7-10)18-9-17-13/h1-8H,9H2. The first-order valence-electron chi connectivity index (χ1n) is 5.50. The maximum atomic E-state index is 5.81. The molecule has 90 valence electrons. The van der Waals surface area contributed by atoms with Gasteiger partial charge in [-0.2, -0.15) is 0 Å². The summed E-state index contributed by atoms with van der Waals surface area (Å²) in [4.78, 5) is 4.36. The summed E-state index contributed by atoms with van der Waals surface area (Å²) < 4.78 is 10.6. The summed E-state index contributed by atoms with van der Waals surface area (Å²) in [5.74, 6) is 1.54. The first kappa shape index (κ1) is 11.1. The molecule has 0 saturated carbocycles. The van der Waals surface area contributed by atoms with E-state index >= 15 is 0 Å². The van der Waals surface area contributed by atoms with Crippen molar-refractivity contribution >= 4 is 23.5 Å². The van der Waals surface area contributed by atoms with Gasteiger partial charge in [-0.1, -0.05) is 11.6 Å². The Bertz CT molecular complexity index is 593. The van der Waals surface area contributed by atoms with Crippen LogP contribution in [0, 0.1) is 0 Å². The van der Waals surface area contributed by atoms with E-state index in [9.17, 15) is 0 Å². The number of fused-ring (bicyclic) bond motifs is 1. The highest BCUT2D eigenvalue weighted by molar-refractivity contribution is 6.30. The second-order valence-electron chi connectivity index (χ2n) is 3.85. The Morgan fingerprint density at radius 3 is 2.61 bits per heavy atom. The van der Waals surface area contributed by atoms with Gasteiger partial charge in [-0.05, 0) is 48.0 Å². The van der Waals surface area contributed by atoms with Gasteiger partial charge in [-0.15, -0.1) is 0 Å². The van der Waals surface area contributed by atoms with E-state index in [0.717, 1.165) is 22.7 Å². The Kier molecular flexibility index (Phi) is 2.90. The highest BCUT2D eigenvalue weighted by Gasteiger charge is 2.12. The molecule has 0 amide bonds. The summed E-state index contributed by atoms with van der Waals surface area (Å²) in [6.45, 7) is 0.285. The van der Waals surface area contributed by atoms with Crippen molar-refractivity contribution in [1.29, 1.82) is 0 Å². The number of benzene rings is 2. The van der Waals surface area contributed by atoms with Gasteiger partial charge in [-0.25, -0.2) is 0 Å². The molecule has 0 radical (unpaired) electrons. The van der Waals surface area contributed by atoms with Crippen LogP contribution in [-0.4, -0.2) is 13.0 Å². The van der Waals surface area contributed by atoms with Gasteiger partial charge >= 0.3 is 0 Å². The minimum absolute atomic E-state index is 0.285. The number of ether oxygens (including phenoxy) is 2. The molecule has 3 rings (SSSR count). The molecule has 0 aromatic heterocycles. The second-order valence-corrected chi connectivity index (χ2v) is 4.28. The molecular formula is C14H10ClNO2. The Morgan fingerprint density at radius 2 is 1.78 bits per heavy atom. The molecule has 0 N–H and O–H groups in total. The van der Waals surface area contributed by atoms with Gasteiger partial charge in [0.1, 0.15) is 0 Å². The van der Waals surface area contributed by atoms with Crippen LogP contribution in [-0.2, 0) is 0 Å². The topological polar surface area (TPSA) is 30.8 Å². The van der Waals surface area contributed by atoms with E-state index < -0.39 is 0 Å². The summed E-state index contributed by atoms with van der Waals surface area (Å²) in [5, 5.41) is 0.706. The van der Waals surface area contributed by atoms with Crippen molar-refractivity contribution in [2.75, 3.05) is 6.79 Å². The minimum atomic E-state index is 0.285.